The van der Waals surface area contributed by atoms with Crippen LogP contribution in [0, 0.1) is 21.4 Å². The van der Waals surface area contributed by atoms with Gasteiger partial charge in [-0.25, -0.2) is 4.79 Å². The molecule has 0 radical (unpaired) electrons. The molecule has 0 heterocycles. The van der Waals surface area contributed by atoms with Gasteiger partial charge < -0.3 is 14.8 Å². The number of esters is 1. The zero-order valence-corrected chi connectivity index (χ0v) is 14.5. The number of carbonyl (C=O) groups is 2. The number of nitro groups is 1. The van der Waals surface area contributed by atoms with Crippen molar-refractivity contribution in [3.05, 3.63) is 63.7 Å². The second-order valence-corrected chi connectivity index (χ2v) is 5.37. The topological polar surface area (TPSA) is 132 Å². The first kappa shape index (κ1) is 19.4. The van der Waals surface area contributed by atoms with Crippen LogP contribution in [-0.2, 0) is 9.53 Å². The number of carbonyl (C=O) groups excluding carboxylic acids is 2. The highest BCUT2D eigenvalue weighted by molar-refractivity contribution is 5.98. The van der Waals surface area contributed by atoms with Crippen molar-refractivity contribution in [2.45, 2.75) is 13.0 Å². The van der Waals surface area contributed by atoms with Gasteiger partial charge in [0.2, 0.25) is 0 Å². The Bertz CT molecular complexity index is 935. The van der Waals surface area contributed by atoms with Crippen molar-refractivity contribution in [1.29, 1.82) is 5.26 Å². The van der Waals surface area contributed by atoms with E-state index in [1.807, 2.05) is 6.07 Å². The normalized spacial score (nSPS) is 11.0. The van der Waals surface area contributed by atoms with Crippen molar-refractivity contribution < 1.29 is 24.0 Å². The molecule has 0 aliphatic carbocycles. The van der Waals surface area contributed by atoms with Crippen molar-refractivity contribution in [2.75, 3.05) is 12.4 Å². The Morgan fingerprint density at radius 2 is 2.00 bits per heavy atom. The smallest absolute Gasteiger partial charge is 0.338 e. The molecule has 1 unspecified atom stereocenters. The summed E-state index contributed by atoms with van der Waals surface area (Å²) in [6, 6.07) is 11.5. The molecule has 1 N–H and O–H groups in total. The molecule has 0 saturated heterocycles. The highest BCUT2D eigenvalue weighted by Crippen LogP contribution is 2.29. The number of benzene rings is 2. The lowest BCUT2D eigenvalue weighted by atomic mass is 10.1. The highest BCUT2D eigenvalue weighted by atomic mass is 16.6. The van der Waals surface area contributed by atoms with Crippen LogP contribution in [0.4, 0.5) is 11.4 Å². The fourth-order valence-electron chi connectivity index (χ4n) is 2.14. The van der Waals surface area contributed by atoms with E-state index in [1.165, 1.54) is 50.4 Å². The SMILES string of the molecule is COc1ccc([N+](=O)[O-])cc1NC(=O)C(C)OC(=O)c1cccc(C#N)c1. The summed E-state index contributed by atoms with van der Waals surface area (Å²) in [5.41, 5.74) is 0.250. The number of hydrogen-bond donors (Lipinski definition) is 1. The van der Waals surface area contributed by atoms with E-state index in [0.717, 1.165) is 6.07 Å². The van der Waals surface area contributed by atoms with Gasteiger partial charge in [0.15, 0.2) is 6.10 Å². The fourth-order valence-corrected chi connectivity index (χ4v) is 2.14. The molecule has 1 amide bonds. The summed E-state index contributed by atoms with van der Waals surface area (Å²) in [4.78, 5) is 34.7. The average molecular weight is 369 g/mol. The van der Waals surface area contributed by atoms with Crippen molar-refractivity contribution in [2.24, 2.45) is 0 Å². The molecule has 0 aliphatic rings. The van der Waals surface area contributed by atoms with Crippen LogP contribution in [0.15, 0.2) is 42.5 Å². The molecule has 1 atom stereocenters. The molecule has 2 aromatic rings. The number of anilines is 1. The first-order chi connectivity index (χ1) is 12.8. The minimum absolute atomic E-state index is 0.0751. The van der Waals surface area contributed by atoms with Crippen molar-refractivity contribution >= 4 is 23.3 Å². The standard InChI is InChI=1S/C18H15N3O6/c1-11(27-18(23)13-5-3-4-12(8-13)10-19)17(22)20-15-9-14(21(24)25)6-7-16(15)26-2/h3-9,11H,1-2H3,(H,20,22). The number of amides is 1. The second-order valence-electron chi connectivity index (χ2n) is 5.37. The number of nitriles is 1. The molecule has 2 aromatic carbocycles. The lowest BCUT2D eigenvalue weighted by Gasteiger charge is -2.15. The number of nitrogens with one attached hydrogen (secondary N) is 1. The van der Waals surface area contributed by atoms with E-state index in [4.69, 9.17) is 14.7 Å². The van der Waals surface area contributed by atoms with Crippen LogP contribution in [-0.4, -0.2) is 30.0 Å². The summed E-state index contributed by atoms with van der Waals surface area (Å²) in [7, 11) is 1.35. The average Bonchev–Trinajstić information content (AvgIpc) is 2.67. The predicted octanol–water partition coefficient (Wildman–Crippen LogP) is 2.66. The first-order valence-electron chi connectivity index (χ1n) is 7.70. The van der Waals surface area contributed by atoms with Gasteiger partial charge in [-0.2, -0.15) is 5.26 Å². The maximum absolute atomic E-state index is 12.3. The van der Waals surface area contributed by atoms with E-state index in [0.29, 0.717) is 0 Å². The van der Waals surface area contributed by atoms with Gasteiger partial charge in [0.05, 0.1) is 34.9 Å². The van der Waals surface area contributed by atoms with E-state index in [-0.39, 0.29) is 28.3 Å². The molecule has 0 saturated carbocycles. The van der Waals surface area contributed by atoms with Gasteiger partial charge in [0, 0.05) is 12.1 Å². The molecule has 0 aliphatic heterocycles. The second kappa shape index (κ2) is 8.44. The van der Waals surface area contributed by atoms with Crippen molar-refractivity contribution in [1.82, 2.24) is 0 Å². The minimum atomic E-state index is -1.19. The molecule has 9 nitrogen and oxygen atoms in total. The Kier molecular flexibility index (Phi) is 6.06. The monoisotopic (exact) mass is 369 g/mol. The van der Waals surface area contributed by atoms with Gasteiger partial charge in [-0.05, 0) is 31.2 Å². The number of ether oxygens (including phenoxy) is 2. The zero-order chi connectivity index (χ0) is 20.0. The first-order valence-corrected chi connectivity index (χ1v) is 7.70. The van der Waals surface area contributed by atoms with Crippen LogP contribution >= 0.6 is 0 Å². The number of hydrogen-bond acceptors (Lipinski definition) is 7. The summed E-state index contributed by atoms with van der Waals surface area (Å²) in [5.74, 6) is -1.26. The molecule has 138 valence electrons. The number of nitrogens with zero attached hydrogens (tertiary/aromatic N) is 2. The maximum Gasteiger partial charge on any atom is 0.338 e. The third-order valence-corrected chi connectivity index (χ3v) is 3.53. The summed E-state index contributed by atoms with van der Waals surface area (Å²) in [6.07, 6.45) is -1.19. The lowest BCUT2D eigenvalue weighted by molar-refractivity contribution is -0.384. The lowest BCUT2D eigenvalue weighted by Crippen LogP contribution is -2.30. The van der Waals surface area contributed by atoms with E-state index >= 15 is 0 Å². The molecule has 27 heavy (non-hydrogen) atoms. The van der Waals surface area contributed by atoms with Crippen LogP contribution in [0.3, 0.4) is 0 Å². The van der Waals surface area contributed by atoms with E-state index in [9.17, 15) is 19.7 Å². The largest absolute Gasteiger partial charge is 0.495 e. The number of non-ortho nitro benzene ring substituents is 1. The van der Waals surface area contributed by atoms with Gasteiger partial charge in [-0.3, -0.25) is 14.9 Å². The van der Waals surface area contributed by atoms with Crippen LogP contribution in [0.5, 0.6) is 5.75 Å². The van der Waals surface area contributed by atoms with Crippen LogP contribution in [0.1, 0.15) is 22.8 Å². The summed E-state index contributed by atoms with van der Waals surface area (Å²) < 4.78 is 10.1. The Morgan fingerprint density at radius 1 is 1.26 bits per heavy atom. The molecule has 0 aromatic heterocycles. The Hall–Kier alpha value is -3.93. The Labute approximate surface area is 154 Å². The third kappa shape index (κ3) is 4.79. The van der Waals surface area contributed by atoms with Crippen LogP contribution in [0.2, 0.25) is 0 Å². The Balaban J connectivity index is 2.11. The van der Waals surface area contributed by atoms with E-state index in [2.05, 4.69) is 5.32 Å². The summed E-state index contributed by atoms with van der Waals surface area (Å²) in [6.45, 7) is 1.35. The number of nitro benzene ring substituents is 1. The van der Waals surface area contributed by atoms with Crippen molar-refractivity contribution in [3.8, 4) is 11.8 Å². The maximum atomic E-state index is 12.3. The van der Waals surface area contributed by atoms with E-state index < -0.39 is 22.9 Å². The molecule has 0 bridgehead atoms. The van der Waals surface area contributed by atoms with Gasteiger partial charge in [0.25, 0.3) is 11.6 Å². The summed E-state index contributed by atoms with van der Waals surface area (Å²) in [5, 5.41) is 22.2. The minimum Gasteiger partial charge on any atom is -0.495 e. The van der Waals surface area contributed by atoms with Gasteiger partial charge in [0.1, 0.15) is 5.75 Å². The molecular weight excluding hydrogens is 354 g/mol. The van der Waals surface area contributed by atoms with Gasteiger partial charge in [-0.1, -0.05) is 6.07 Å². The highest BCUT2D eigenvalue weighted by Gasteiger charge is 2.21. The Morgan fingerprint density at radius 3 is 2.63 bits per heavy atom. The van der Waals surface area contributed by atoms with Gasteiger partial charge >= 0.3 is 5.97 Å². The van der Waals surface area contributed by atoms with E-state index in [1.54, 1.807) is 0 Å². The van der Waals surface area contributed by atoms with Crippen molar-refractivity contribution in [3.63, 3.8) is 0 Å². The summed E-state index contributed by atoms with van der Waals surface area (Å²) >= 11 is 0. The fraction of sp³-hybridized carbons (Fsp3) is 0.167. The predicted molar refractivity (Wildman–Crippen MR) is 94.3 cm³/mol. The van der Waals surface area contributed by atoms with Gasteiger partial charge in [-0.15, -0.1) is 0 Å². The molecular formula is C18H15N3O6. The van der Waals surface area contributed by atoms with Crippen LogP contribution < -0.4 is 10.1 Å². The molecule has 2 rings (SSSR count). The molecule has 0 fully saturated rings. The number of methoxy groups -OCH3 is 1. The molecule has 0 spiro atoms. The van der Waals surface area contributed by atoms with Crippen LogP contribution in [0.25, 0.3) is 0 Å². The molecule has 9 heteroatoms. The zero-order valence-electron chi connectivity index (χ0n) is 14.5. The third-order valence-electron chi connectivity index (χ3n) is 3.53. The quantitative estimate of drug-likeness (QED) is 0.470. The number of rotatable bonds is 6.